The van der Waals surface area contributed by atoms with Gasteiger partial charge in [0.25, 0.3) is 0 Å². The van der Waals surface area contributed by atoms with Gasteiger partial charge in [0, 0.05) is 45.4 Å². The van der Waals surface area contributed by atoms with Crippen molar-refractivity contribution in [3.05, 3.63) is 80.4 Å². The van der Waals surface area contributed by atoms with Crippen molar-refractivity contribution in [2.45, 2.75) is 39.3 Å². The number of nitrogens with zero attached hydrogens (tertiary/aromatic N) is 2. The van der Waals surface area contributed by atoms with E-state index in [4.69, 9.17) is 12.2 Å². The lowest BCUT2D eigenvalue weighted by molar-refractivity contribution is -0.116. The van der Waals surface area contributed by atoms with Crippen molar-refractivity contribution >= 4 is 51.5 Å². The average molecular weight is 559 g/mol. The van der Waals surface area contributed by atoms with E-state index in [-0.39, 0.29) is 18.0 Å². The van der Waals surface area contributed by atoms with Crippen LogP contribution < -0.4 is 10.6 Å². The fraction of sp³-hybridized carbons (Fsp3) is 0.292. The van der Waals surface area contributed by atoms with Crippen LogP contribution in [0.15, 0.2) is 48.7 Å². The molecule has 1 aliphatic heterocycles. The van der Waals surface area contributed by atoms with Gasteiger partial charge in [0.15, 0.2) is 5.11 Å². The number of aryl methyl sites for hydroxylation is 3. The topological polar surface area (TPSA) is 73.1 Å². The molecule has 2 aromatic heterocycles. The van der Waals surface area contributed by atoms with Gasteiger partial charge < -0.3 is 20.5 Å². The molecule has 1 aliphatic rings. The third-order valence-corrected chi connectivity index (χ3v) is 7.50. The highest BCUT2D eigenvalue weighted by atomic mass is 127. The van der Waals surface area contributed by atoms with E-state index in [0.29, 0.717) is 18.1 Å². The van der Waals surface area contributed by atoms with Crippen LogP contribution in [0, 0.1) is 24.3 Å². The van der Waals surface area contributed by atoms with Gasteiger partial charge >= 0.3 is 0 Å². The molecule has 3 heterocycles. The van der Waals surface area contributed by atoms with Gasteiger partial charge in [-0.2, -0.15) is 0 Å². The van der Waals surface area contributed by atoms with Crippen molar-refractivity contribution in [2.24, 2.45) is 0 Å². The molecule has 0 spiro atoms. The lowest BCUT2D eigenvalue weighted by atomic mass is 9.96. The van der Waals surface area contributed by atoms with Crippen molar-refractivity contribution in [2.75, 3.05) is 11.9 Å². The Hall–Kier alpha value is -2.46. The summed E-state index contributed by atoms with van der Waals surface area (Å²) in [4.78, 5) is 22.8. The molecule has 0 aliphatic carbocycles. The third kappa shape index (κ3) is 4.66. The van der Waals surface area contributed by atoms with Gasteiger partial charge in [-0.05, 0) is 79.8 Å². The Labute approximate surface area is 207 Å². The van der Waals surface area contributed by atoms with Crippen molar-refractivity contribution < 1.29 is 4.79 Å². The minimum atomic E-state index is -0.0914. The second-order valence-corrected chi connectivity index (χ2v) is 9.55. The molecule has 4 rings (SSSR count). The second-order valence-electron chi connectivity index (χ2n) is 8.09. The number of halogens is 1. The van der Waals surface area contributed by atoms with Gasteiger partial charge in [0.1, 0.15) is 0 Å². The van der Waals surface area contributed by atoms with E-state index in [1.165, 1.54) is 9.13 Å². The number of thiocarbonyl (C=S) groups is 1. The van der Waals surface area contributed by atoms with Crippen molar-refractivity contribution in [1.29, 1.82) is 0 Å². The molecule has 0 radical (unpaired) electrons. The second kappa shape index (κ2) is 9.58. The summed E-state index contributed by atoms with van der Waals surface area (Å²) in [6, 6.07) is 13.6. The van der Waals surface area contributed by atoms with Gasteiger partial charge in [0.05, 0.1) is 17.8 Å². The van der Waals surface area contributed by atoms with Gasteiger partial charge in [-0.3, -0.25) is 9.78 Å². The zero-order chi connectivity index (χ0) is 22.8. The molecule has 3 aromatic rings. The molecule has 3 N–H and O–H groups in total. The van der Waals surface area contributed by atoms with Gasteiger partial charge in [-0.1, -0.05) is 23.8 Å². The summed E-state index contributed by atoms with van der Waals surface area (Å²) in [5.41, 5.74) is 6.33. The van der Waals surface area contributed by atoms with Crippen LogP contribution in [0.4, 0.5) is 5.69 Å². The fourth-order valence-electron chi connectivity index (χ4n) is 4.16. The highest BCUT2D eigenvalue weighted by Crippen LogP contribution is 2.42. The number of hydrogen-bond acceptors (Lipinski definition) is 3. The third-order valence-electron chi connectivity index (χ3n) is 5.75. The Morgan fingerprint density at radius 1 is 1.16 bits per heavy atom. The summed E-state index contributed by atoms with van der Waals surface area (Å²) >= 11 is 8.12. The summed E-state index contributed by atoms with van der Waals surface area (Å²) in [6.45, 7) is 6.70. The Morgan fingerprint density at radius 3 is 2.53 bits per heavy atom. The van der Waals surface area contributed by atoms with Crippen LogP contribution in [0.25, 0.3) is 0 Å². The van der Waals surface area contributed by atoms with E-state index < -0.39 is 0 Å². The first-order valence-electron chi connectivity index (χ1n) is 10.5. The smallest absolute Gasteiger partial charge is 0.226 e. The number of nitrogens with one attached hydrogen (secondary N) is 3. The monoisotopic (exact) mass is 559 g/mol. The molecule has 1 saturated heterocycles. The normalized spacial score (nSPS) is 18.0. The Bertz CT molecular complexity index is 1130. The van der Waals surface area contributed by atoms with Crippen molar-refractivity contribution in [3.63, 3.8) is 0 Å². The van der Waals surface area contributed by atoms with Gasteiger partial charge in [-0.15, -0.1) is 0 Å². The molecule has 0 unspecified atom stereocenters. The van der Waals surface area contributed by atoms with E-state index in [0.717, 1.165) is 28.3 Å². The number of pyridine rings is 1. The maximum atomic E-state index is 12.7. The zero-order valence-electron chi connectivity index (χ0n) is 18.3. The lowest BCUT2D eigenvalue weighted by Crippen LogP contribution is -2.33. The number of benzene rings is 1. The number of hydrogen-bond donors (Lipinski definition) is 3. The average Bonchev–Trinajstić information content (AvgIpc) is 3.23. The minimum Gasteiger partial charge on any atom is -0.362 e. The van der Waals surface area contributed by atoms with E-state index in [9.17, 15) is 4.79 Å². The van der Waals surface area contributed by atoms with Crippen LogP contribution >= 0.6 is 34.8 Å². The SMILES string of the molecule is Cc1ccc(NC(=O)CCN2C(=S)N[C@@H](c3ccccn3)[C@H]2c2c(C)[nH]c(C)c2I)cc1. The molecule has 1 fully saturated rings. The molecule has 1 amide bonds. The van der Waals surface area contributed by atoms with E-state index >= 15 is 0 Å². The highest BCUT2D eigenvalue weighted by molar-refractivity contribution is 14.1. The van der Waals surface area contributed by atoms with Crippen LogP contribution in [-0.4, -0.2) is 32.4 Å². The van der Waals surface area contributed by atoms with Crippen molar-refractivity contribution in [3.8, 4) is 0 Å². The van der Waals surface area contributed by atoms with Gasteiger partial charge in [0.2, 0.25) is 5.91 Å². The standard InChI is InChI=1S/C24H26IN5OS/c1-14-7-9-17(10-8-14)28-19(31)11-13-30-23(20-15(2)27-16(3)21(20)25)22(29-24(30)32)18-6-4-5-12-26-18/h4-10,12,22-23,27H,11,13H2,1-3H3,(H,28,31)(H,29,32)/t22-,23+/m0/s1. The predicted octanol–water partition coefficient (Wildman–Crippen LogP) is 4.94. The molecule has 6 nitrogen and oxygen atoms in total. The maximum absolute atomic E-state index is 12.7. The Morgan fingerprint density at radius 2 is 1.91 bits per heavy atom. The van der Waals surface area contributed by atoms with E-state index in [1.807, 2.05) is 49.4 Å². The Kier molecular flexibility index (Phi) is 6.80. The first-order chi connectivity index (χ1) is 15.3. The Balaban J connectivity index is 1.58. The molecule has 0 saturated carbocycles. The summed E-state index contributed by atoms with van der Waals surface area (Å²) in [5, 5.41) is 7.08. The molecule has 1 aromatic carbocycles. The molecule has 166 valence electrons. The first kappa shape index (κ1) is 22.7. The number of carbonyl (C=O) groups excluding carboxylic acids is 1. The predicted molar refractivity (Wildman–Crippen MR) is 140 cm³/mol. The molecule has 0 bridgehead atoms. The number of carbonyl (C=O) groups is 1. The minimum absolute atomic E-state index is 0.0339. The van der Waals surface area contributed by atoms with Crippen LogP contribution in [0.1, 0.15) is 46.7 Å². The van der Waals surface area contributed by atoms with Crippen LogP contribution in [0.3, 0.4) is 0 Å². The highest BCUT2D eigenvalue weighted by Gasteiger charge is 2.42. The number of rotatable bonds is 6. The molecular formula is C24H26IN5OS. The zero-order valence-corrected chi connectivity index (χ0v) is 21.3. The quantitative estimate of drug-likeness (QED) is 0.295. The van der Waals surface area contributed by atoms with Crippen LogP contribution in [-0.2, 0) is 4.79 Å². The number of anilines is 1. The molecule has 32 heavy (non-hydrogen) atoms. The molecular weight excluding hydrogens is 533 g/mol. The van der Waals surface area contributed by atoms with E-state index in [2.05, 4.69) is 61.9 Å². The summed E-state index contributed by atoms with van der Waals surface area (Å²) in [6.07, 6.45) is 2.13. The maximum Gasteiger partial charge on any atom is 0.226 e. The number of aromatic nitrogens is 2. The van der Waals surface area contributed by atoms with Crippen LogP contribution in [0.2, 0.25) is 0 Å². The molecule has 8 heteroatoms. The lowest BCUT2D eigenvalue weighted by Gasteiger charge is -2.28. The summed E-state index contributed by atoms with van der Waals surface area (Å²) in [5.74, 6) is -0.0339. The van der Waals surface area contributed by atoms with E-state index in [1.54, 1.807) is 6.20 Å². The van der Waals surface area contributed by atoms with Crippen molar-refractivity contribution in [1.82, 2.24) is 20.2 Å². The number of H-pyrrole nitrogens is 1. The largest absolute Gasteiger partial charge is 0.362 e. The van der Waals surface area contributed by atoms with Crippen LogP contribution in [0.5, 0.6) is 0 Å². The fourth-order valence-corrected chi connectivity index (χ4v) is 5.35. The summed E-state index contributed by atoms with van der Waals surface area (Å²) in [7, 11) is 0. The van der Waals surface area contributed by atoms with Gasteiger partial charge in [-0.25, -0.2) is 0 Å². The summed E-state index contributed by atoms with van der Waals surface area (Å²) < 4.78 is 1.19. The number of aromatic amines is 1. The first-order valence-corrected chi connectivity index (χ1v) is 12.0. The molecule has 2 atom stereocenters. The number of amides is 1.